The normalized spacial score (nSPS) is 22.5. The number of aliphatic imine (C=N–C) groups is 1. The van der Waals surface area contributed by atoms with Gasteiger partial charge in [0.25, 0.3) is 0 Å². The molecule has 0 radical (unpaired) electrons. The lowest BCUT2D eigenvalue weighted by Crippen LogP contribution is -2.34. The van der Waals surface area contributed by atoms with Crippen LogP contribution in [0.3, 0.4) is 0 Å². The van der Waals surface area contributed by atoms with E-state index in [9.17, 15) is 14.4 Å². The summed E-state index contributed by atoms with van der Waals surface area (Å²) in [6, 6.07) is 0. The molecule has 3 heterocycles. The second-order valence-electron chi connectivity index (χ2n) is 7.06. The predicted molar refractivity (Wildman–Crippen MR) is 112 cm³/mol. The lowest BCUT2D eigenvalue weighted by atomic mass is 10.1. The fourth-order valence-electron chi connectivity index (χ4n) is 3.47. The van der Waals surface area contributed by atoms with Gasteiger partial charge in [-0.1, -0.05) is 12.2 Å². The molecule has 30 heavy (non-hydrogen) atoms. The zero-order valence-corrected chi connectivity index (χ0v) is 17.2. The van der Waals surface area contributed by atoms with Crippen molar-refractivity contribution in [3.05, 3.63) is 25.3 Å². The SMILES string of the molecule is C=CCN1CC(C(=O)NCCO)CC1=O.C=CCN1CC(C2=NCCO2)CC1=O.O. The van der Waals surface area contributed by atoms with Crippen LogP contribution in [0.1, 0.15) is 12.8 Å². The molecule has 3 aliphatic rings. The third-order valence-corrected chi connectivity index (χ3v) is 4.87. The summed E-state index contributed by atoms with van der Waals surface area (Å²) in [4.78, 5) is 42.0. The number of hydrogen-bond acceptors (Lipinski definition) is 6. The summed E-state index contributed by atoms with van der Waals surface area (Å²) in [7, 11) is 0. The average molecular weight is 424 g/mol. The zero-order chi connectivity index (χ0) is 21.2. The molecule has 4 N–H and O–H groups in total. The van der Waals surface area contributed by atoms with E-state index in [1.54, 1.807) is 22.0 Å². The summed E-state index contributed by atoms with van der Waals surface area (Å²) in [5.41, 5.74) is 0. The maximum Gasteiger partial charge on any atom is 0.225 e. The molecule has 10 heteroatoms. The second-order valence-corrected chi connectivity index (χ2v) is 7.06. The Bertz CT molecular complexity index is 666. The number of carbonyl (C=O) groups is 3. The highest BCUT2D eigenvalue weighted by Crippen LogP contribution is 2.21. The van der Waals surface area contributed by atoms with E-state index < -0.39 is 0 Å². The van der Waals surface area contributed by atoms with Gasteiger partial charge in [0.2, 0.25) is 17.7 Å². The molecule has 3 amide bonds. The number of aliphatic hydroxyl groups is 1. The molecule has 10 nitrogen and oxygen atoms in total. The van der Waals surface area contributed by atoms with Gasteiger partial charge in [-0.15, -0.1) is 13.2 Å². The molecule has 168 valence electrons. The second kappa shape index (κ2) is 12.8. The van der Waals surface area contributed by atoms with E-state index in [4.69, 9.17) is 9.84 Å². The van der Waals surface area contributed by atoms with E-state index in [1.807, 2.05) is 0 Å². The van der Waals surface area contributed by atoms with Gasteiger partial charge >= 0.3 is 0 Å². The Morgan fingerprint density at radius 3 is 2.37 bits per heavy atom. The van der Waals surface area contributed by atoms with E-state index in [0.29, 0.717) is 32.7 Å². The molecule has 0 aromatic heterocycles. The largest absolute Gasteiger partial charge is 0.479 e. The average Bonchev–Trinajstić information content (AvgIpc) is 3.43. The maximum atomic E-state index is 11.5. The number of carbonyl (C=O) groups excluding carboxylic acids is 3. The molecule has 0 bridgehead atoms. The van der Waals surface area contributed by atoms with Crippen molar-refractivity contribution in [2.45, 2.75) is 12.8 Å². The molecule has 3 rings (SSSR count). The summed E-state index contributed by atoms with van der Waals surface area (Å²) in [5, 5.41) is 11.1. The van der Waals surface area contributed by atoms with Crippen molar-refractivity contribution >= 4 is 23.6 Å². The van der Waals surface area contributed by atoms with Gasteiger partial charge in [0, 0.05) is 45.6 Å². The van der Waals surface area contributed by atoms with Crippen molar-refractivity contribution in [2.75, 3.05) is 52.5 Å². The summed E-state index contributed by atoms with van der Waals surface area (Å²) in [6.07, 6.45) is 4.18. The number of aliphatic hydroxyl groups excluding tert-OH is 1. The van der Waals surface area contributed by atoms with Crippen molar-refractivity contribution in [1.82, 2.24) is 15.1 Å². The van der Waals surface area contributed by atoms with Crippen molar-refractivity contribution < 1.29 is 29.7 Å². The van der Waals surface area contributed by atoms with Gasteiger partial charge in [-0.05, 0) is 0 Å². The highest BCUT2D eigenvalue weighted by molar-refractivity contribution is 5.90. The Morgan fingerprint density at radius 1 is 1.17 bits per heavy atom. The lowest BCUT2D eigenvalue weighted by Gasteiger charge is -2.13. The monoisotopic (exact) mass is 424 g/mol. The molecule has 2 fully saturated rings. The number of nitrogens with zero attached hydrogens (tertiary/aromatic N) is 3. The molecule has 3 aliphatic heterocycles. The van der Waals surface area contributed by atoms with Crippen LogP contribution in [0.15, 0.2) is 30.3 Å². The van der Waals surface area contributed by atoms with Crippen LogP contribution in [0.5, 0.6) is 0 Å². The number of rotatable bonds is 8. The lowest BCUT2D eigenvalue weighted by molar-refractivity contribution is -0.128. The number of ether oxygens (including phenoxy) is 1. The van der Waals surface area contributed by atoms with E-state index in [1.165, 1.54) is 0 Å². The summed E-state index contributed by atoms with van der Waals surface area (Å²) >= 11 is 0. The third-order valence-electron chi connectivity index (χ3n) is 4.87. The third kappa shape index (κ3) is 6.96. The number of hydrogen-bond donors (Lipinski definition) is 2. The Balaban J connectivity index is 0.000000291. The molecule has 0 aromatic rings. The predicted octanol–water partition coefficient (Wildman–Crippen LogP) is -1.25. The first-order valence-electron chi connectivity index (χ1n) is 9.83. The molecule has 2 unspecified atom stereocenters. The summed E-state index contributed by atoms with van der Waals surface area (Å²) in [5.74, 6) is 0.648. The van der Waals surface area contributed by atoms with Crippen LogP contribution in [0.4, 0.5) is 0 Å². The van der Waals surface area contributed by atoms with Crippen LogP contribution < -0.4 is 5.32 Å². The topological polar surface area (TPSA) is 143 Å². The molecular formula is C20H32N4O6. The standard InChI is InChI=1S/C10H16N2O3.C10H14N2O2.H2O/c1-2-4-12-7-8(6-9(12)14)10(15)11-3-5-13;1-2-4-12-7-8(6-9(12)13)10-11-3-5-14-10;/h2,8,13H,1,3-7H2,(H,11,15);2,8H,1,3-7H2;1H2. The van der Waals surface area contributed by atoms with Crippen LogP contribution in [-0.2, 0) is 19.1 Å². The number of amides is 3. The zero-order valence-electron chi connectivity index (χ0n) is 17.2. The Morgan fingerprint density at radius 2 is 1.80 bits per heavy atom. The maximum absolute atomic E-state index is 11.5. The van der Waals surface area contributed by atoms with E-state index in [-0.39, 0.29) is 54.6 Å². The fourth-order valence-corrected chi connectivity index (χ4v) is 3.47. The Hall–Kier alpha value is -2.72. The first-order chi connectivity index (χ1) is 14.0. The number of nitrogens with one attached hydrogen (secondary N) is 1. The molecule has 2 atom stereocenters. The van der Waals surface area contributed by atoms with Crippen LogP contribution in [-0.4, -0.2) is 96.5 Å². The van der Waals surface area contributed by atoms with Crippen LogP contribution in [0.2, 0.25) is 0 Å². The van der Waals surface area contributed by atoms with Gasteiger partial charge < -0.3 is 30.4 Å². The number of likely N-dealkylation sites (tertiary alicyclic amines) is 2. The van der Waals surface area contributed by atoms with Crippen LogP contribution in [0, 0.1) is 11.8 Å². The highest BCUT2D eigenvalue weighted by Gasteiger charge is 2.34. The minimum atomic E-state index is -0.288. The molecule has 0 aromatic carbocycles. The molecule has 0 saturated carbocycles. The Labute approximate surface area is 176 Å². The Kier molecular flexibility index (Phi) is 10.8. The van der Waals surface area contributed by atoms with Gasteiger partial charge in [0.05, 0.1) is 25.0 Å². The highest BCUT2D eigenvalue weighted by atomic mass is 16.5. The van der Waals surface area contributed by atoms with Gasteiger partial charge in [-0.25, -0.2) is 0 Å². The fraction of sp³-hybridized carbons (Fsp3) is 0.600. The minimum Gasteiger partial charge on any atom is -0.479 e. The van der Waals surface area contributed by atoms with Crippen molar-refractivity contribution in [1.29, 1.82) is 0 Å². The summed E-state index contributed by atoms with van der Waals surface area (Å²) < 4.78 is 5.36. The van der Waals surface area contributed by atoms with Gasteiger partial charge in [0.15, 0.2) is 5.90 Å². The quantitative estimate of drug-likeness (QED) is 0.468. The van der Waals surface area contributed by atoms with Crippen LogP contribution in [0.25, 0.3) is 0 Å². The van der Waals surface area contributed by atoms with Crippen molar-refractivity contribution in [3.8, 4) is 0 Å². The van der Waals surface area contributed by atoms with Gasteiger partial charge in [-0.3, -0.25) is 19.4 Å². The summed E-state index contributed by atoms with van der Waals surface area (Å²) in [6.45, 7) is 11.0. The van der Waals surface area contributed by atoms with Crippen molar-refractivity contribution in [3.63, 3.8) is 0 Å². The molecule has 0 spiro atoms. The van der Waals surface area contributed by atoms with Gasteiger partial charge in [-0.2, -0.15) is 0 Å². The molecule has 2 saturated heterocycles. The molecular weight excluding hydrogens is 392 g/mol. The van der Waals surface area contributed by atoms with E-state index in [0.717, 1.165) is 19.0 Å². The molecule has 0 aliphatic carbocycles. The van der Waals surface area contributed by atoms with E-state index in [2.05, 4.69) is 23.5 Å². The smallest absolute Gasteiger partial charge is 0.225 e. The minimum absolute atomic E-state index is 0. The van der Waals surface area contributed by atoms with E-state index >= 15 is 0 Å². The van der Waals surface area contributed by atoms with Crippen molar-refractivity contribution in [2.24, 2.45) is 16.8 Å². The van der Waals surface area contributed by atoms with Gasteiger partial charge in [0.1, 0.15) is 6.61 Å². The first-order valence-corrected chi connectivity index (χ1v) is 9.83. The van der Waals surface area contributed by atoms with Crippen LogP contribution >= 0.6 is 0 Å². The first kappa shape index (κ1) is 25.3.